The Morgan fingerprint density at radius 3 is 2.68 bits per heavy atom. The number of benzene rings is 1. The van der Waals surface area contributed by atoms with Crippen molar-refractivity contribution in [1.82, 2.24) is 9.97 Å². The topological polar surface area (TPSA) is 29.0 Å². The Morgan fingerprint density at radius 2 is 2.00 bits per heavy atom. The van der Waals surface area contributed by atoms with Crippen molar-refractivity contribution in [3.05, 3.63) is 51.3 Å². The molecule has 0 bridgehead atoms. The average molecular weight is 341 g/mol. The molecule has 2 rings (SSSR count). The number of halogens is 2. The first-order valence-corrected chi connectivity index (χ1v) is 7.25. The summed E-state index contributed by atoms with van der Waals surface area (Å²) in [6, 6.07) is 9.76. The highest BCUT2D eigenvalue weighted by Crippen LogP contribution is 2.21. The molecule has 1 aromatic carbocycles. The van der Waals surface area contributed by atoms with Crippen LogP contribution in [-0.4, -0.2) is 17.0 Å². The maximum atomic E-state index is 6.18. The minimum atomic E-state index is 0.715. The summed E-state index contributed by atoms with van der Waals surface area (Å²) >= 11 is 9.60. The fourth-order valence-corrected chi connectivity index (χ4v) is 2.37. The second kappa shape index (κ2) is 6.35. The number of aromatic nitrogens is 2. The lowest BCUT2D eigenvalue weighted by atomic mass is 10.2. The molecule has 0 aliphatic rings. The number of aryl methyl sites for hydroxylation is 1. The van der Waals surface area contributed by atoms with E-state index < -0.39 is 0 Å². The first-order chi connectivity index (χ1) is 9.10. The van der Waals surface area contributed by atoms with E-state index >= 15 is 0 Å². The molecule has 0 radical (unpaired) electrons. The summed E-state index contributed by atoms with van der Waals surface area (Å²) in [5.74, 6) is 1.72. The summed E-state index contributed by atoms with van der Waals surface area (Å²) in [5.41, 5.74) is 1.08. The fourth-order valence-electron chi connectivity index (χ4n) is 1.77. The van der Waals surface area contributed by atoms with Crippen LogP contribution >= 0.6 is 27.5 Å². The van der Waals surface area contributed by atoms with E-state index in [9.17, 15) is 0 Å². The maximum Gasteiger partial charge on any atom is 0.133 e. The molecule has 0 fully saturated rings. The van der Waals surface area contributed by atoms with Gasteiger partial charge in [-0.15, -0.1) is 0 Å². The first kappa shape index (κ1) is 14.3. The Bertz CT molecular complexity index is 574. The molecule has 0 aliphatic carbocycles. The third kappa shape index (κ3) is 3.67. The van der Waals surface area contributed by atoms with Crippen molar-refractivity contribution in [1.29, 1.82) is 0 Å². The van der Waals surface area contributed by atoms with Crippen molar-refractivity contribution in [3.63, 3.8) is 0 Å². The largest absolute Gasteiger partial charge is 0.355 e. The van der Waals surface area contributed by atoms with Crippen molar-refractivity contribution in [2.45, 2.75) is 19.9 Å². The predicted octanol–water partition coefficient (Wildman–Crippen LogP) is 4.09. The van der Waals surface area contributed by atoms with Gasteiger partial charge in [-0.3, -0.25) is 0 Å². The van der Waals surface area contributed by atoms with Gasteiger partial charge in [0.05, 0.1) is 0 Å². The van der Waals surface area contributed by atoms with E-state index in [4.69, 9.17) is 11.6 Å². The van der Waals surface area contributed by atoms with Crippen LogP contribution in [0.2, 0.25) is 5.02 Å². The lowest BCUT2D eigenvalue weighted by Gasteiger charge is -2.19. The normalized spacial score (nSPS) is 10.5. The molecule has 0 saturated carbocycles. The third-order valence-corrected chi connectivity index (χ3v) is 3.58. The van der Waals surface area contributed by atoms with E-state index in [1.54, 1.807) is 0 Å². The van der Waals surface area contributed by atoms with Crippen molar-refractivity contribution in [2.24, 2.45) is 0 Å². The predicted molar refractivity (Wildman–Crippen MR) is 82.7 cm³/mol. The fraction of sp³-hybridized carbons (Fsp3) is 0.286. The molecule has 0 unspecified atom stereocenters. The summed E-state index contributed by atoms with van der Waals surface area (Å²) in [6.45, 7) is 2.76. The highest BCUT2D eigenvalue weighted by atomic mass is 79.9. The van der Waals surface area contributed by atoms with Gasteiger partial charge in [-0.05, 0) is 27.6 Å². The van der Waals surface area contributed by atoms with Gasteiger partial charge in [-0.25, -0.2) is 9.97 Å². The Labute approximate surface area is 126 Å². The second-order valence-corrected chi connectivity index (χ2v) is 5.49. The summed E-state index contributed by atoms with van der Waals surface area (Å²) in [7, 11) is 2.00. The van der Waals surface area contributed by atoms with Crippen LogP contribution in [0, 0.1) is 0 Å². The molecule has 0 spiro atoms. The van der Waals surface area contributed by atoms with Gasteiger partial charge in [0.25, 0.3) is 0 Å². The Hall–Kier alpha value is -1.13. The zero-order valence-electron chi connectivity index (χ0n) is 10.9. The molecule has 1 heterocycles. The van der Waals surface area contributed by atoms with E-state index in [1.807, 2.05) is 44.3 Å². The van der Waals surface area contributed by atoms with E-state index in [2.05, 4.69) is 30.8 Å². The SMILES string of the molecule is CCc1nc(Br)cc(N(C)Cc2ccccc2Cl)n1. The second-order valence-electron chi connectivity index (χ2n) is 4.27. The van der Waals surface area contributed by atoms with E-state index in [1.165, 1.54) is 0 Å². The van der Waals surface area contributed by atoms with Crippen LogP contribution in [0.15, 0.2) is 34.9 Å². The van der Waals surface area contributed by atoms with E-state index in [0.29, 0.717) is 6.54 Å². The standard InChI is InChI=1S/C14H15BrClN3/c1-3-13-17-12(15)8-14(18-13)19(2)9-10-6-4-5-7-11(10)16/h4-8H,3,9H2,1-2H3. The van der Waals surface area contributed by atoms with Crippen LogP contribution in [0.1, 0.15) is 18.3 Å². The van der Waals surface area contributed by atoms with E-state index in [-0.39, 0.29) is 0 Å². The van der Waals surface area contributed by atoms with Gasteiger partial charge in [0.1, 0.15) is 16.2 Å². The van der Waals surface area contributed by atoms with Gasteiger partial charge in [0.15, 0.2) is 0 Å². The molecule has 0 saturated heterocycles. The van der Waals surface area contributed by atoms with Crippen molar-refractivity contribution < 1.29 is 0 Å². The van der Waals surface area contributed by atoms with Crippen molar-refractivity contribution in [2.75, 3.05) is 11.9 Å². The summed E-state index contributed by atoms with van der Waals surface area (Å²) in [6.07, 6.45) is 0.812. The molecule has 2 aromatic rings. The molecule has 0 atom stereocenters. The Balaban J connectivity index is 2.22. The highest BCUT2D eigenvalue weighted by Gasteiger charge is 2.09. The van der Waals surface area contributed by atoms with Crippen LogP contribution in [0.5, 0.6) is 0 Å². The summed E-state index contributed by atoms with van der Waals surface area (Å²) < 4.78 is 0.806. The zero-order chi connectivity index (χ0) is 13.8. The number of rotatable bonds is 4. The van der Waals surface area contributed by atoms with Gasteiger partial charge in [0, 0.05) is 31.1 Å². The number of anilines is 1. The number of nitrogens with zero attached hydrogens (tertiary/aromatic N) is 3. The lowest BCUT2D eigenvalue weighted by molar-refractivity contribution is 0.853. The zero-order valence-corrected chi connectivity index (χ0v) is 13.2. The van der Waals surface area contributed by atoms with Gasteiger partial charge in [0.2, 0.25) is 0 Å². The minimum absolute atomic E-state index is 0.715. The van der Waals surface area contributed by atoms with Gasteiger partial charge in [-0.2, -0.15) is 0 Å². The van der Waals surface area contributed by atoms with Crippen molar-refractivity contribution >= 4 is 33.3 Å². The van der Waals surface area contributed by atoms with Crippen LogP contribution in [0.4, 0.5) is 5.82 Å². The van der Waals surface area contributed by atoms with Crippen molar-refractivity contribution in [3.8, 4) is 0 Å². The molecule has 5 heteroatoms. The molecular formula is C14H15BrClN3. The molecular weight excluding hydrogens is 326 g/mol. The van der Waals surface area contributed by atoms with Gasteiger partial charge < -0.3 is 4.90 Å². The van der Waals surface area contributed by atoms with Crippen LogP contribution in [0.25, 0.3) is 0 Å². The smallest absolute Gasteiger partial charge is 0.133 e. The first-order valence-electron chi connectivity index (χ1n) is 6.08. The average Bonchev–Trinajstić information content (AvgIpc) is 2.40. The summed E-state index contributed by atoms with van der Waals surface area (Å²) in [5, 5.41) is 0.776. The Morgan fingerprint density at radius 1 is 1.26 bits per heavy atom. The molecule has 19 heavy (non-hydrogen) atoms. The van der Waals surface area contributed by atoms with Gasteiger partial charge in [-0.1, -0.05) is 36.7 Å². The molecule has 100 valence electrons. The van der Waals surface area contributed by atoms with Crippen LogP contribution in [-0.2, 0) is 13.0 Å². The molecule has 0 aliphatic heterocycles. The molecule has 3 nitrogen and oxygen atoms in total. The number of hydrogen-bond donors (Lipinski definition) is 0. The monoisotopic (exact) mass is 339 g/mol. The van der Waals surface area contributed by atoms with E-state index in [0.717, 1.165) is 33.3 Å². The summed E-state index contributed by atoms with van der Waals surface area (Å²) in [4.78, 5) is 10.9. The molecule has 0 amide bonds. The minimum Gasteiger partial charge on any atom is -0.355 e. The third-order valence-electron chi connectivity index (χ3n) is 2.80. The maximum absolute atomic E-state index is 6.18. The quantitative estimate of drug-likeness (QED) is 0.785. The molecule has 1 aromatic heterocycles. The molecule has 0 N–H and O–H groups in total. The highest BCUT2D eigenvalue weighted by molar-refractivity contribution is 9.10. The number of hydrogen-bond acceptors (Lipinski definition) is 3. The lowest BCUT2D eigenvalue weighted by Crippen LogP contribution is -2.18. The van der Waals surface area contributed by atoms with Crippen LogP contribution < -0.4 is 4.90 Å². The van der Waals surface area contributed by atoms with Gasteiger partial charge >= 0.3 is 0 Å². The van der Waals surface area contributed by atoms with Crippen LogP contribution in [0.3, 0.4) is 0 Å². The Kier molecular flexibility index (Phi) is 4.77.